The van der Waals surface area contributed by atoms with E-state index in [2.05, 4.69) is 56.6 Å². The number of anilines is 2. The van der Waals surface area contributed by atoms with Gasteiger partial charge in [-0.2, -0.15) is 0 Å². The summed E-state index contributed by atoms with van der Waals surface area (Å²) in [5, 5.41) is 6.21. The first-order valence-corrected chi connectivity index (χ1v) is 8.17. The topological polar surface area (TPSA) is 44.4 Å². The van der Waals surface area contributed by atoms with E-state index < -0.39 is 0 Å². The average molecular weight is 350 g/mol. The Morgan fingerprint density at radius 3 is 2.95 bits per heavy atom. The highest BCUT2D eigenvalue weighted by atomic mass is 79.9. The lowest BCUT2D eigenvalue weighted by Gasteiger charge is -2.29. The van der Waals surface area contributed by atoms with E-state index in [0.717, 1.165) is 47.5 Å². The van der Waals surface area contributed by atoms with Crippen LogP contribution in [0.5, 0.6) is 0 Å². The second kappa shape index (κ2) is 5.81. The molecule has 0 radical (unpaired) electrons. The zero-order valence-corrected chi connectivity index (χ0v) is 14.0. The van der Waals surface area contributed by atoms with Gasteiger partial charge in [0.1, 0.15) is 6.04 Å². The van der Waals surface area contributed by atoms with Gasteiger partial charge in [-0.3, -0.25) is 4.79 Å². The Labute approximate surface area is 133 Å². The molecule has 2 aliphatic rings. The average Bonchev–Trinajstić information content (AvgIpc) is 2.76. The fourth-order valence-electron chi connectivity index (χ4n) is 2.91. The molecule has 1 aromatic carbocycles. The fraction of sp³-hybridized carbons (Fsp3) is 0.438. The van der Waals surface area contributed by atoms with Crippen molar-refractivity contribution in [2.45, 2.75) is 26.3 Å². The molecule has 3 rings (SSSR count). The Kier molecular flexibility index (Phi) is 4.04. The minimum Gasteiger partial charge on any atom is -0.367 e. The monoisotopic (exact) mass is 349 g/mol. The number of amides is 1. The number of halogens is 1. The highest BCUT2D eigenvalue weighted by Gasteiger charge is 2.31. The molecular formula is C16H20BrN3O. The van der Waals surface area contributed by atoms with E-state index in [4.69, 9.17) is 0 Å². The molecule has 21 heavy (non-hydrogen) atoms. The second-order valence-electron chi connectivity index (χ2n) is 5.62. The van der Waals surface area contributed by atoms with Crippen LogP contribution < -0.4 is 15.5 Å². The molecule has 2 N–H and O–H groups in total. The molecule has 0 bridgehead atoms. The van der Waals surface area contributed by atoms with Crippen molar-refractivity contribution in [1.29, 1.82) is 0 Å². The Morgan fingerprint density at radius 2 is 2.29 bits per heavy atom. The molecule has 4 nitrogen and oxygen atoms in total. The number of rotatable bonds is 3. The lowest BCUT2D eigenvalue weighted by molar-refractivity contribution is -0.117. The van der Waals surface area contributed by atoms with Gasteiger partial charge in [0.2, 0.25) is 5.91 Å². The minimum absolute atomic E-state index is 0.0327. The maximum atomic E-state index is 12.1. The second-order valence-corrected chi connectivity index (χ2v) is 6.47. The zero-order chi connectivity index (χ0) is 15.0. The van der Waals surface area contributed by atoms with E-state index in [-0.39, 0.29) is 11.9 Å². The van der Waals surface area contributed by atoms with Gasteiger partial charge in [-0.25, -0.2) is 0 Å². The van der Waals surface area contributed by atoms with Crippen LogP contribution in [-0.4, -0.2) is 25.5 Å². The van der Waals surface area contributed by atoms with Crippen LogP contribution in [0.15, 0.2) is 28.3 Å². The molecule has 0 fully saturated rings. The summed E-state index contributed by atoms with van der Waals surface area (Å²) < 4.78 is 1.05. The van der Waals surface area contributed by atoms with E-state index in [1.807, 2.05) is 6.92 Å². The largest absolute Gasteiger partial charge is 0.367 e. The van der Waals surface area contributed by atoms with Gasteiger partial charge in [-0.1, -0.05) is 18.6 Å². The van der Waals surface area contributed by atoms with Crippen molar-refractivity contribution >= 4 is 33.2 Å². The fourth-order valence-corrected chi connectivity index (χ4v) is 3.52. The highest BCUT2D eigenvalue weighted by molar-refractivity contribution is 9.10. The normalized spacial score (nSPS) is 21.1. The first kappa shape index (κ1) is 14.6. The lowest BCUT2D eigenvalue weighted by atomic mass is 10.1. The standard InChI is InChI=1S/C16H20BrN3O/c1-3-18-15-11-8-12(17)14(9-13(11)19-16(15)21)20-6-4-10(2)5-7-20/h4,8-9,15,18H,3,5-7H2,1-2H3,(H,19,21). The summed E-state index contributed by atoms with van der Waals surface area (Å²) in [5.41, 5.74) is 4.55. The van der Waals surface area contributed by atoms with Crippen LogP contribution in [0.1, 0.15) is 31.9 Å². The van der Waals surface area contributed by atoms with Crippen molar-refractivity contribution in [3.8, 4) is 0 Å². The van der Waals surface area contributed by atoms with Gasteiger partial charge in [0, 0.05) is 28.8 Å². The van der Waals surface area contributed by atoms with E-state index in [1.165, 1.54) is 5.57 Å². The molecule has 5 heteroatoms. The number of hydrogen-bond acceptors (Lipinski definition) is 3. The van der Waals surface area contributed by atoms with Crippen molar-refractivity contribution in [3.63, 3.8) is 0 Å². The zero-order valence-electron chi connectivity index (χ0n) is 12.4. The molecule has 2 aliphatic heterocycles. The van der Waals surface area contributed by atoms with Crippen LogP contribution in [0.3, 0.4) is 0 Å². The maximum absolute atomic E-state index is 12.1. The summed E-state index contributed by atoms with van der Waals surface area (Å²) in [6, 6.07) is 3.92. The van der Waals surface area contributed by atoms with Crippen molar-refractivity contribution < 1.29 is 4.79 Å². The summed E-state index contributed by atoms with van der Waals surface area (Å²) >= 11 is 3.67. The number of likely N-dealkylation sites (N-methyl/N-ethyl adjacent to an activating group) is 1. The SMILES string of the molecule is CCNC1C(=O)Nc2cc(N3CC=C(C)CC3)c(Br)cc21. The van der Waals surface area contributed by atoms with Crippen LogP contribution >= 0.6 is 15.9 Å². The minimum atomic E-state index is -0.237. The van der Waals surface area contributed by atoms with Gasteiger partial charge in [0.15, 0.2) is 0 Å². The Morgan fingerprint density at radius 1 is 1.48 bits per heavy atom. The number of benzene rings is 1. The van der Waals surface area contributed by atoms with Crippen molar-refractivity contribution in [2.24, 2.45) is 0 Å². The van der Waals surface area contributed by atoms with E-state index in [1.54, 1.807) is 0 Å². The van der Waals surface area contributed by atoms with E-state index in [0.29, 0.717) is 0 Å². The summed E-state index contributed by atoms with van der Waals surface area (Å²) in [6.07, 6.45) is 3.36. The number of nitrogens with zero attached hydrogens (tertiary/aromatic N) is 1. The molecule has 0 aliphatic carbocycles. The summed E-state index contributed by atoms with van der Waals surface area (Å²) in [5.74, 6) is 0.0327. The van der Waals surface area contributed by atoms with Crippen molar-refractivity contribution in [3.05, 3.63) is 33.8 Å². The van der Waals surface area contributed by atoms with Crippen LogP contribution in [0.25, 0.3) is 0 Å². The molecule has 1 amide bonds. The molecule has 0 spiro atoms. The molecule has 1 unspecified atom stereocenters. The van der Waals surface area contributed by atoms with Gasteiger partial charge in [0.25, 0.3) is 0 Å². The maximum Gasteiger partial charge on any atom is 0.246 e. The molecular weight excluding hydrogens is 330 g/mol. The smallest absolute Gasteiger partial charge is 0.246 e. The third-order valence-electron chi connectivity index (χ3n) is 4.14. The third-order valence-corrected chi connectivity index (χ3v) is 4.77. The number of nitrogens with one attached hydrogen (secondary N) is 2. The Bertz CT molecular complexity index is 612. The molecule has 112 valence electrons. The first-order valence-electron chi connectivity index (χ1n) is 7.38. The molecule has 1 atom stereocenters. The number of fused-ring (bicyclic) bond motifs is 1. The Hall–Kier alpha value is -1.33. The predicted octanol–water partition coefficient (Wildman–Crippen LogP) is 3.21. The van der Waals surface area contributed by atoms with E-state index >= 15 is 0 Å². The van der Waals surface area contributed by atoms with E-state index in [9.17, 15) is 4.79 Å². The van der Waals surface area contributed by atoms with Gasteiger partial charge in [-0.05, 0) is 48.0 Å². The predicted molar refractivity (Wildman–Crippen MR) is 89.8 cm³/mol. The van der Waals surface area contributed by atoms with Gasteiger partial charge in [-0.15, -0.1) is 0 Å². The van der Waals surface area contributed by atoms with Crippen molar-refractivity contribution in [1.82, 2.24) is 5.32 Å². The quantitative estimate of drug-likeness (QED) is 0.823. The molecule has 2 heterocycles. The van der Waals surface area contributed by atoms with Gasteiger partial charge < -0.3 is 15.5 Å². The number of carbonyl (C=O) groups is 1. The first-order chi connectivity index (χ1) is 10.1. The molecule has 0 saturated heterocycles. The van der Waals surface area contributed by atoms with Crippen LogP contribution in [0.2, 0.25) is 0 Å². The summed E-state index contributed by atoms with van der Waals surface area (Å²) in [7, 11) is 0. The molecule has 0 saturated carbocycles. The molecule has 1 aromatic rings. The van der Waals surface area contributed by atoms with Gasteiger partial charge in [0.05, 0.1) is 5.69 Å². The lowest BCUT2D eigenvalue weighted by Crippen LogP contribution is -2.28. The summed E-state index contributed by atoms with van der Waals surface area (Å²) in [4.78, 5) is 14.4. The van der Waals surface area contributed by atoms with Crippen LogP contribution in [0, 0.1) is 0 Å². The van der Waals surface area contributed by atoms with Gasteiger partial charge >= 0.3 is 0 Å². The summed E-state index contributed by atoms with van der Waals surface area (Å²) in [6.45, 7) is 6.90. The third kappa shape index (κ3) is 2.72. The highest BCUT2D eigenvalue weighted by Crippen LogP contribution is 2.39. The Balaban J connectivity index is 1.93. The number of carbonyl (C=O) groups excluding carboxylic acids is 1. The number of hydrogen-bond donors (Lipinski definition) is 2. The van der Waals surface area contributed by atoms with Crippen LogP contribution in [-0.2, 0) is 4.79 Å². The molecule has 0 aromatic heterocycles. The van der Waals surface area contributed by atoms with Crippen molar-refractivity contribution in [2.75, 3.05) is 29.9 Å². The van der Waals surface area contributed by atoms with Crippen LogP contribution in [0.4, 0.5) is 11.4 Å².